The zero-order chi connectivity index (χ0) is 54.0. The summed E-state index contributed by atoms with van der Waals surface area (Å²) in [5, 5.41) is 26.0. The number of alkyl halides is 1. The first-order valence-electron chi connectivity index (χ1n) is 27.2. The number of anilines is 3. The van der Waals surface area contributed by atoms with Gasteiger partial charge >= 0.3 is 0 Å². The summed E-state index contributed by atoms with van der Waals surface area (Å²) in [7, 11) is 5.29. The Hall–Kier alpha value is -6.83. The fourth-order valence-corrected chi connectivity index (χ4v) is 9.61. The number of aliphatic hydroxyl groups excluding tert-OH is 1. The van der Waals surface area contributed by atoms with E-state index in [9.17, 15) is 23.9 Å². The number of ether oxygens (including phenoxy) is 2. The highest BCUT2D eigenvalue weighted by Crippen LogP contribution is 2.36. The standard InChI is InChI=1S/C57H70F2N8O6.C3H8/c1-65-26-23-50(48(59)34-65)64-49-12-9-13-52-46(49)28-43(67(52)33-39-17-18-39)11-10-25-60-51-31-47(58)45(30-54(51)72-3)57(71)61-24-8-6-4-5-7-14-55(69)62-32-38-15-19-40(20-16-38)37-73-44-22-21-41-27-42(36-68)63-56(70)35-66(2)53(41)29-44;1-3-2/h9,12-13,15-16,19-22,28-31,39,42,48,50,60,64,68H,4-8,14,17-18,23-27,32-37H2,1-3H3,(H,61,71)(H,62,69)(H,63,70);3H2,1-2H3. The molecule has 6 N–H and O–H groups in total. The molecule has 76 heavy (non-hydrogen) atoms. The predicted octanol–water partition coefficient (Wildman–Crippen LogP) is 8.97. The molecule has 3 heterocycles. The molecule has 0 bridgehead atoms. The van der Waals surface area contributed by atoms with Crippen LogP contribution in [0.4, 0.5) is 25.8 Å². The Morgan fingerprint density at radius 3 is 2.42 bits per heavy atom. The third-order valence-electron chi connectivity index (χ3n) is 14.0. The summed E-state index contributed by atoms with van der Waals surface area (Å²) in [4.78, 5) is 41.8. The number of benzene rings is 4. The number of carbonyl (C=O) groups is 3. The third kappa shape index (κ3) is 16.3. The Morgan fingerprint density at radius 1 is 0.908 bits per heavy atom. The molecule has 3 atom stereocenters. The van der Waals surface area contributed by atoms with Crippen LogP contribution in [0.25, 0.3) is 10.9 Å². The van der Waals surface area contributed by atoms with Crippen molar-refractivity contribution >= 4 is 45.7 Å². The first kappa shape index (κ1) is 56.9. The molecule has 1 saturated heterocycles. The number of likely N-dealkylation sites (tertiary alicyclic amines) is 1. The second-order valence-corrected chi connectivity index (χ2v) is 20.5. The van der Waals surface area contributed by atoms with E-state index in [0.717, 1.165) is 96.3 Å². The molecule has 3 amide bonds. The molecule has 1 aliphatic carbocycles. The summed E-state index contributed by atoms with van der Waals surface area (Å²) in [6.07, 6.45) is 8.48. The van der Waals surface area contributed by atoms with Crippen LogP contribution in [0.15, 0.2) is 78.9 Å². The Morgan fingerprint density at radius 2 is 1.67 bits per heavy atom. The largest absolute Gasteiger partial charge is 0.495 e. The summed E-state index contributed by atoms with van der Waals surface area (Å²) < 4.78 is 44.2. The van der Waals surface area contributed by atoms with Gasteiger partial charge < -0.3 is 55.5 Å². The van der Waals surface area contributed by atoms with Gasteiger partial charge in [-0.3, -0.25) is 14.4 Å². The average Bonchev–Trinajstić information content (AvgIpc) is 4.17. The lowest BCUT2D eigenvalue weighted by atomic mass is 10.0. The number of amides is 3. The number of unbranched alkanes of at least 4 members (excludes halogenated alkanes) is 4. The molecule has 14 nitrogen and oxygen atoms in total. The lowest BCUT2D eigenvalue weighted by molar-refractivity contribution is -0.122. The SMILES string of the molecule is CCC.COc1cc(C(=O)NCCCCCCCC(=O)NCc2ccc(COc3ccc4c(c3)N(C)CC(=O)NC(CO)C4)cc2)c(F)cc1NCC#Cc1cc2c(NC3CCN(C)CC3F)cccc2n1CC1CC1. The zero-order valence-corrected chi connectivity index (χ0v) is 45.0. The van der Waals surface area contributed by atoms with Gasteiger partial charge in [0.1, 0.15) is 30.1 Å². The molecule has 3 unspecified atom stereocenters. The van der Waals surface area contributed by atoms with Crippen molar-refractivity contribution in [3.8, 4) is 23.3 Å². The van der Waals surface area contributed by atoms with Crippen molar-refractivity contribution in [3.63, 3.8) is 0 Å². The van der Waals surface area contributed by atoms with Crippen LogP contribution in [0.2, 0.25) is 0 Å². The topological polar surface area (TPSA) is 161 Å². The number of nitrogens with zero attached hydrogens (tertiary/aromatic N) is 3. The maximum atomic E-state index is 15.4. The van der Waals surface area contributed by atoms with Crippen LogP contribution in [0.3, 0.4) is 0 Å². The third-order valence-corrected chi connectivity index (χ3v) is 14.0. The van der Waals surface area contributed by atoms with Gasteiger partial charge in [0.15, 0.2) is 0 Å². The fourth-order valence-electron chi connectivity index (χ4n) is 9.61. The van der Waals surface area contributed by atoms with Crippen molar-refractivity contribution in [3.05, 3.63) is 113 Å². The molecular formula is C60H78F2N8O6. The molecule has 1 saturated carbocycles. The molecular weight excluding hydrogens is 967 g/mol. The highest BCUT2D eigenvalue weighted by atomic mass is 19.1. The molecule has 4 aromatic carbocycles. The van der Waals surface area contributed by atoms with E-state index in [1.54, 1.807) is 0 Å². The number of aromatic nitrogens is 1. The van der Waals surface area contributed by atoms with Crippen molar-refractivity contribution < 1.29 is 37.7 Å². The summed E-state index contributed by atoms with van der Waals surface area (Å²) in [6.45, 7) is 7.83. The number of hydrogen-bond acceptors (Lipinski definition) is 10. The highest BCUT2D eigenvalue weighted by Gasteiger charge is 2.29. The number of likely N-dealkylation sites (N-methyl/N-ethyl adjacent to an activating group) is 1. The maximum absolute atomic E-state index is 15.4. The van der Waals surface area contributed by atoms with Crippen molar-refractivity contribution in [2.24, 2.45) is 5.92 Å². The van der Waals surface area contributed by atoms with Gasteiger partial charge in [0.2, 0.25) is 11.8 Å². The highest BCUT2D eigenvalue weighted by molar-refractivity contribution is 5.96. The molecule has 8 rings (SSSR count). The summed E-state index contributed by atoms with van der Waals surface area (Å²) in [5.41, 5.74) is 7.02. The Balaban J connectivity index is 0.00000274. The molecule has 2 fully saturated rings. The molecule has 1 aromatic heterocycles. The average molecular weight is 1050 g/mol. The summed E-state index contributed by atoms with van der Waals surface area (Å²) >= 11 is 0. The predicted molar refractivity (Wildman–Crippen MR) is 298 cm³/mol. The molecule has 16 heteroatoms. The quantitative estimate of drug-likeness (QED) is 0.0292. The van der Waals surface area contributed by atoms with E-state index in [4.69, 9.17) is 9.47 Å². The van der Waals surface area contributed by atoms with Crippen molar-refractivity contribution in [1.82, 2.24) is 25.4 Å². The van der Waals surface area contributed by atoms with Gasteiger partial charge in [0.25, 0.3) is 5.91 Å². The van der Waals surface area contributed by atoms with Crippen molar-refractivity contribution in [1.29, 1.82) is 0 Å². The smallest absolute Gasteiger partial charge is 0.254 e. The number of fused-ring (bicyclic) bond motifs is 2. The van der Waals surface area contributed by atoms with Gasteiger partial charge in [-0.25, -0.2) is 8.78 Å². The molecule has 0 radical (unpaired) electrons. The van der Waals surface area contributed by atoms with Crippen molar-refractivity contribution in [2.45, 2.75) is 122 Å². The lowest BCUT2D eigenvalue weighted by Crippen LogP contribution is -2.46. The van der Waals surface area contributed by atoms with Crippen LogP contribution < -0.4 is 41.0 Å². The summed E-state index contributed by atoms with van der Waals surface area (Å²) in [6, 6.07) is 24.0. The maximum Gasteiger partial charge on any atom is 0.254 e. The number of hydrogen-bond donors (Lipinski definition) is 6. The second kappa shape index (κ2) is 28.3. The van der Waals surface area contributed by atoms with E-state index < -0.39 is 17.9 Å². The number of rotatable bonds is 22. The monoisotopic (exact) mass is 1040 g/mol. The minimum Gasteiger partial charge on any atom is -0.495 e. The Kier molecular flexibility index (Phi) is 21.2. The minimum absolute atomic E-state index is 0.00788. The molecule has 5 aromatic rings. The van der Waals surface area contributed by atoms with Crippen molar-refractivity contribution in [2.75, 3.05) is 76.1 Å². The lowest BCUT2D eigenvalue weighted by Gasteiger charge is -2.33. The van der Waals surface area contributed by atoms with E-state index in [1.165, 1.54) is 38.5 Å². The van der Waals surface area contributed by atoms with Gasteiger partial charge in [0, 0.05) is 75.1 Å². The molecule has 408 valence electrons. The molecule has 0 spiro atoms. The van der Waals surface area contributed by atoms with E-state index in [-0.39, 0.29) is 49.2 Å². The number of nitrogens with one attached hydrogen (secondary N) is 5. The second-order valence-electron chi connectivity index (χ2n) is 20.5. The van der Waals surface area contributed by atoms with Crippen LogP contribution in [0, 0.1) is 23.6 Å². The van der Waals surface area contributed by atoms with E-state index in [2.05, 4.69) is 69.0 Å². The number of aliphatic hydroxyl groups is 1. The van der Waals surface area contributed by atoms with Crippen LogP contribution in [0.1, 0.15) is 111 Å². The number of piperidine rings is 1. The zero-order valence-electron chi connectivity index (χ0n) is 45.0. The van der Waals surface area contributed by atoms with Crippen LogP contribution in [-0.4, -0.2) is 111 Å². The Labute approximate surface area is 447 Å². The number of carbonyl (C=O) groups excluding carboxylic acids is 3. The van der Waals surface area contributed by atoms with E-state index in [0.29, 0.717) is 62.2 Å². The number of methoxy groups -OCH3 is 1. The fraction of sp³-hybridized carbons (Fsp3) is 0.483. The van der Waals surface area contributed by atoms with Gasteiger partial charge in [-0.1, -0.05) is 81.8 Å². The van der Waals surface area contributed by atoms with E-state index >= 15 is 4.39 Å². The van der Waals surface area contributed by atoms with Crippen LogP contribution in [-0.2, 0) is 35.7 Å². The summed E-state index contributed by atoms with van der Waals surface area (Å²) in [5.74, 6) is 6.82. The normalized spacial score (nSPS) is 17.4. The minimum atomic E-state index is -0.954. The Bertz CT molecular complexity index is 2790. The molecule has 2 aliphatic heterocycles. The van der Waals surface area contributed by atoms with Gasteiger partial charge in [0.05, 0.1) is 61.4 Å². The van der Waals surface area contributed by atoms with E-state index in [1.807, 2.05) is 78.5 Å². The first-order valence-corrected chi connectivity index (χ1v) is 27.2. The van der Waals surface area contributed by atoms with Gasteiger partial charge in [-0.15, -0.1) is 0 Å². The number of halogens is 2. The van der Waals surface area contributed by atoms with Crippen LogP contribution in [0.5, 0.6) is 11.5 Å². The van der Waals surface area contributed by atoms with Gasteiger partial charge in [-0.05, 0) is 104 Å². The first-order chi connectivity index (χ1) is 36.8. The molecule has 3 aliphatic rings. The van der Waals surface area contributed by atoms with Crippen LogP contribution >= 0.6 is 0 Å². The van der Waals surface area contributed by atoms with Gasteiger partial charge in [-0.2, -0.15) is 0 Å².